The van der Waals surface area contributed by atoms with Crippen LogP contribution in [0.3, 0.4) is 0 Å². The lowest BCUT2D eigenvalue weighted by Crippen LogP contribution is -2.52. The molecule has 0 aromatic carbocycles. The van der Waals surface area contributed by atoms with Crippen LogP contribution < -0.4 is 10.1 Å². The lowest BCUT2D eigenvalue weighted by atomic mass is 10.0. The summed E-state index contributed by atoms with van der Waals surface area (Å²) in [5.74, 6) is 0.312. The molecule has 0 bridgehead atoms. The van der Waals surface area contributed by atoms with E-state index in [1.165, 1.54) is 4.31 Å². The maximum atomic E-state index is 12.6. The SMILES string of the molecule is CCCS(=O)(=O)N1CCCCC1C(=O)NCc1ccc(OCCOC)nc1. The van der Waals surface area contributed by atoms with Gasteiger partial charge in [0.1, 0.15) is 12.6 Å². The first-order chi connectivity index (χ1) is 13.0. The van der Waals surface area contributed by atoms with Gasteiger partial charge in [0.15, 0.2) is 0 Å². The monoisotopic (exact) mass is 399 g/mol. The highest BCUT2D eigenvalue weighted by Gasteiger charge is 2.35. The van der Waals surface area contributed by atoms with Crippen molar-refractivity contribution in [2.24, 2.45) is 0 Å². The normalized spacial score (nSPS) is 18.2. The van der Waals surface area contributed by atoms with Crippen LogP contribution in [0.4, 0.5) is 0 Å². The van der Waals surface area contributed by atoms with Gasteiger partial charge in [0.25, 0.3) is 0 Å². The average molecular weight is 400 g/mol. The maximum absolute atomic E-state index is 12.6. The zero-order chi connectivity index (χ0) is 19.7. The number of hydrogen-bond acceptors (Lipinski definition) is 6. The summed E-state index contributed by atoms with van der Waals surface area (Å²) in [5, 5.41) is 2.84. The molecule has 27 heavy (non-hydrogen) atoms. The van der Waals surface area contributed by atoms with Crippen LogP contribution in [-0.2, 0) is 26.1 Å². The van der Waals surface area contributed by atoms with E-state index in [2.05, 4.69) is 10.3 Å². The molecule has 1 aliphatic heterocycles. The number of carbonyl (C=O) groups excluding carboxylic acids is 1. The number of rotatable bonds is 10. The van der Waals surface area contributed by atoms with Crippen LogP contribution in [0.25, 0.3) is 0 Å². The second kappa shape index (κ2) is 10.6. The van der Waals surface area contributed by atoms with Crippen LogP contribution in [0.1, 0.15) is 38.2 Å². The van der Waals surface area contributed by atoms with Gasteiger partial charge in [-0.25, -0.2) is 13.4 Å². The molecule has 152 valence electrons. The van der Waals surface area contributed by atoms with E-state index in [1.54, 1.807) is 19.4 Å². The van der Waals surface area contributed by atoms with Crippen LogP contribution in [0.15, 0.2) is 18.3 Å². The first-order valence-corrected chi connectivity index (χ1v) is 10.9. The second-order valence-electron chi connectivity index (χ2n) is 6.50. The number of carbonyl (C=O) groups is 1. The number of hydrogen-bond donors (Lipinski definition) is 1. The number of methoxy groups -OCH3 is 1. The molecule has 1 aromatic heterocycles. The van der Waals surface area contributed by atoms with Gasteiger partial charge in [-0.3, -0.25) is 4.79 Å². The number of aromatic nitrogens is 1. The third-order valence-corrected chi connectivity index (χ3v) is 6.45. The fourth-order valence-electron chi connectivity index (χ4n) is 3.01. The minimum atomic E-state index is -3.39. The van der Waals surface area contributed by atoms with Crippen LogP contribution in [0.5, 0.6) is 5.88 Å². The summed E-state index contributed by atoms with van der Waals surface area (Å²) in [6.45, 7) is 3.44. The molecule has 2 rings (SSSR count). The predicted molar refractivity (Wildman–Crippen MR) is 102 cm³/mol. The Kier molecular flexibility index (Phi) is 8.46. The molecule has 0 radical (unpaired) electrons. The molecule has 1 unspecified atom stereocenters. The molecule has 1 saturated heterocycles. The molecule has 1 aromatic rings. The molecule has 0 spiro atoms. The highest BCUT2D eigenvalue weighted by molar-refractivity contribution is 7.89. The summed E-state index contributed by atoms with van der Waals surface area (Å²) < 4.78 is 36.6. The van der Waals surface area contributed by atoms with Gasteiger partial charge in [-0.15, -0.1) is 0 Å². The lowest BCUT2D eigenvalue weighted by Gasteiger charge is -2.33. The van der Waals surface area contributed by atoms with Crippen molar-refractivity contribution < 1.29 is 22.7 Å². The van der Waals surface area contributed by atoms with Gasteiger partial charge in [-0.1, -0.05) is 19.4 Å². The zero-order valence-corrected chi connectivity index (χ0v) is 16.8. The van der Waals surface area contributed by atoms with Crippen molar-refractivity contribution in [2.75, 3.05) is 32.6 Å². The van der Waals surface area contributed by atoms with Crippen LogP contribution >= 0.6 is 0 Å². The van der Waals surface area contributed by atoms with Gasteiger partial charge >= 0.3 is 0 Å². The Bertz CT molecular complexity index is 693. The molecule has 1 atom stereocenters. The van der Waals surface area contributed by atoms with Crippen molar-refractivity contribution in [2.45, 2.75) is 45.2 Å². The first kappa shape index (κ1) is 21.6. The van der Waals surface area contributed by atoms with E-state index >= 15 is 0 Å². The number of sulfonamides is 1. The van der Waals surface area contributed by atoms with Crippen LogP contribution in [-0.4, -0.2) is 62.3 Å². The molecule has 0 aliphatic carbocycles. The van der Waals surface area contributed by atoms with Gasteiger partial charge < -0.3 is 14.8 Å². The lowest BCUT2D eigenvalue weighted by molar-refractivity contribution is -0.125. The topological polar surface area (TPSA) is 97.8 Å². The van der Waals surface area contributed by atoms with Gasteiger partial charge in [-0.05, 0) is 24.8 Å². The van der Waals surface area contributed by atoms with Gasteiger partial charge in [0.05, 0.1) is 12.4 Å². The Hall–Kier alpha value is -1.71. The van der Waals surface area contributed by atoms with Crippen molar-refractivity contribution in [3.05, 3.63) is 23.9 Å². The number of ether oxygens (including phenoxy) is 2. The van der Waals surface area contributed by atoms with E-state index in [9.17, 15) is 13.2 Å². The smallest absolute Gasteiger partial charge is 0.238 e. The second-order valence-corrected chi connectivity index (χ2v) is 8.54. The maximum Gasteiger partial charge on any atom is 0.238 e. The van der Waals surface area contributed by atoms with Crippen molar-refractivity contribution >= 4 is 15.9 Å². The quantitative estimate of drug-likeness (QED) is 0.596. The van der Waals surface area contributed by atoms with E-state index in [-0.39, 0.29) is 11.7 Å². The Balaban J connectivity index is 1.91. The highest BCUT2D eigenvalue weighted by atomic mass is 32.2. The van der Waals surface area contributed by atoms with Crippen LogP contribution in [0, 0.1) is 0 Å². The van der Waals surface area contributed by atoms with Crippen molar-refractivity contribution in [3.8, 4) is 5.88 Å². The fourth-order valence-corrected chi connectivity index (χ4v) is 4.76. The van der Waals surface area contributed by atoms with E-state index in [0.717, 1.165) is 18.4 Å². The number of pyridine rings is 1. The van der Waals surface area contributed by atoms with Crippen molar-refractivity contribution in [1.82, 2.24) is 14.6 Å². The van der Waals surface area contributed by atoms with E-state index < -0.39 is 16.1 Å². The molecule has 9 heteroatoms. The van der Waals surface area contributed by atoms with Gasteiger partial charge in [0.2, 0.25) is 21.8 Å². The summed E-state index contributed by atoms with van der Waals surface area (Å²) >= 11 is 0. The third kappa shape index (κ3) is 6.44. The summed E-state index contributed by atoms with van der Waals surface area (Å²) in [5.41, 5.74) is 0.821. The zero-order valence-electron chi connectivity index (χ0n) is 16.0. The number of nitrogens with zero attached hydrogens (tertiary/aromatic N) is 2. The van der Waals surface area contributed by atoms with Crippen molar-refractivity contribution in [1.29, 1.82) is 0 Å². The van der Waals surface area contributed by atoms with E-state index in [0.29, 0.717) is 45.0 Å². The summed E-state index contributed by atoms with van der Waals surface area (Å²) in [6.07, 6.45) is 4.37. The Morgan fingerprint density at radius 2 is 2.15 bits per heavy atom. The Labute approximate surface area is 161 Å². The first-order valence-electron chi connectivity index (χ1n) is 9.32. The molecule has 1 fully saturated rings. The largest absolute Gasteiger partial charge is 0.475 e. The fraction of sp³-hybridized carbons (Fsp3) is 0.667. The molecular weight excluding hydrogens is 370 g/mol. The molecular formula is C18H29N3O5S. The molecule has 1 aliphatic rings. The standard InChI is InChI=1S/C18H29N3O5S/c1-3-12-27(23,24)21-9-5-4-6-16(21)18(22)20-14-15-7-8-17(19-13-15)26-11-10-25-2/h7-8,13,16H,3-6,9-12,14H2,1-2H3,(H,20,22). The molecule has 1 N–H and O–H groups in total. The summed E-state index contributed by atoms with van der Waals surface area (Å²) in [4.78, 5) is 16.8. The van der Waals surface area contributed by atoms with E-state index in [4.69, 9.17) is 9.47 Å². The van der Waals surface area contributed by atoms with Gasteiger partial charge in [0, 0.05) is 32.5 Å². The number of amides is 1. The minimum absolute atomic E-state index is 0.0746. The Morgan fingerprint density at radius 1 is 1.33 bits per heavy atom. The molecule has 2 heterocycles. The van der Waals surface area contributed by atoms with Crippen LogP contribution in [0.2, 0.25) is 0 Å². The Morgan fingerprint density at radius 3 is 2.81 bits per heavy atom. The highest BCUT2D eigenvalue weighted by Crippen LogP contribution is 2.21. The predicted octanol–water partition coefficient (Wildman–Crippen LogP) is 1.32. The van der Waals surface area contributed by atoms with Gasteiger partial charge in [-0.2, -0.15) is 4.31 Å². The van der Waals surface area contributed by atoms with E-state index in [1.807, 2.05) is 13.0 Å². The minimum Gasteiger partial charge on any atom is -0.475 e. The average Bonchev–Trinajstić information content (AvgIpc) is 2.67. The molecule has 8 nitrogen and oxygen atoms in total. The molecule has 0 saturated carbocycles. The number of nitrogens with one attached hydrogen (secondary N) is 1. The third-order valence-electron chi connectivity index (χ3n) is 4.38. The summed E-state index contributed by atoms with van der Waals surface area (Å²) in [6, 6.07) is 2.93. The van der Waals surface area contributed by atoms with Crippen molar-refractivity contribution in [3.63, 3.8) is 0 Å². The molecule has 1 amide bonds. The summed E-state index contributed by atoms with van der Waals surface area (Å²) in [7, 11) is -1.79. The number of piperidine rings is 1.